The summed E-state index contributed by atoms with van der Waals surface area (Å²) in [5.74, 6) is 0.483. The Balaban J connectivity index is 2.14. The summed E-state index contributed by atoms with van der Waals surface area (Å²) in [5.41, 5.74) is 0.840. The van der Waals surface area contributed by atoms with Crippen LogP contribution < -0.4 is 5.32 Å². The molecule has 1 heterocycles. The van der Waals surface area contributed by atoms with Crippen LogP contribution in [0.1, 0.15) is 20.8 Å². The molecule has 21 heavy (non-hydrogen) atoms. The quantitative estimate of drug-likeness (QED) is 0.868. The van der Waals surface area contributed by atoms with E-state index in [1.165, 1.54) is 0 Å². The number of aromatic nitrogens is 4. The number of benzene rings is 1. The molecular weight excluding hydrogens is 268 g/mol. The summed E-state index contributed by atoms with van der Waals surface area (Å²) in [4.78, 5) is 14.0. The Morgan fingerprint density at radius 1 is 1.29 bits per heavy atom. The van der Waals surface area contributed by atoms with Crippen LogP contribution in [0.25, 0.3) is 5.69 Å². The molecular formula is C14H20N6O. The van der Waals surface area contributed by atoms with Gasteiger partial charge in [0.05, 0.1) is 5.69 Å². The van der Waals surface area contributed by atoms with Gasteiger partial charge < -0.3 is 10.2 Å². The number of rotatable bonds is 6. The molecule has 0 aliphatic carbocycles. The molecule has 1 aromatic heterocycles. The minimum absolute atomic E-state index is 0.0302. The first-order valence-electron chi connectivity index (χ1n) is 7.06. The number of carbonyl (C=O) groups is 1. The molecule has 0 aliphatic rings. The van der Waals surface area contributed by atoms with Crippen molar-refractivity contribution < 1.29 is 4.79 Å². The number of para-hydroxylation sites is 1. The summed E-state index contributed by atoms with van der Waals surface area (Å²) in [6, 6.07) is 9.15. The minimum atomic E-state index is -0.390. The van der Waals surface area contributed by atoms with E-state index in [2.05, 4.69) is 20.8 Å². The maximum atomic E-state index is 12.3. The van der Waals surface area contributed by atoms with Gasteiger partial charge in [-0.25, -0.2) is 0 Å². The summed E-state index contributed by atoms with van der Waals surface area (Å²) < 4.78 is 1.58. The van der Waals surface area contributed by atoms with Crippen LogP contribution in [-0.4, -0.2) is 50.1 Å². The lowest BCUT2D eigenvalue weighted by Crippen LogP contribution is -2.41. The lowest BCUT2D eigenvalue weighted by Gasteiger charge is -2.23. The number of nitrogens with one attached hydrogen (secondary N) is 1. The fourth-order valence-corrected chi connectivity index (χ4v) is 2.08. The highest BCUT2D eigenvalue weighted by Gasteiger charge is 2.20. The Morgan fingerprint density at radius 3 is 2.57 bits per heavy atom. The van der Waals surface area contributed by atoms with E-state index in [4.69, 9.17) is 0 Å². The maximum absolute atomic E-state index is 12.3. The van der Waals surface area contributed by atoms with Crippen molar-refractivity contribution in [3.63, 3.8) is 0 Å². The summed E-state index contributed by atoms with van der Waals surface area (Å²) in [6.45, 7) is 7.10. The molecule has 1 unspecified atom stereocenters. The average molecular weight is 288 g/mol. The van der Waals surface area contributed by atoms with Crippen molar-refractivity contribution >= 4 is 11.9 Å². The van der Waals surface area contributed by atoms with Gasteiger partial charge in [0.2, 0.25) is 11.9 Å². The van der Waals surface area contributed by atoms with Gasteiger partial charge in [-0.3, -0.25) is 4.79 Å². The Morgan fingerprint density at radius 2 is 1.95 bits per heavy atom. The Hall–Kier alpha value is -2.44. The summed E-state index contributed by atoms with van der Waals surface area (Å²) in [7, 11) is 0. The van der Waals surface area contributed by atoms with E-state index >= 15 is 0 Å². The van der Waals surface area contributed by atoms with Crippen molar-refractivity contribution in [1.82, 2.24) is 25.1 Å². The number of hydrogen-bond acceptors (Lipinski definition) is 5. The molecule has 7 heteroatoms. The standard InChI is InChI=1S/C14H20N6O/c1-4-19(5-2)13(21)11(3)15-14-16-17-18-20(14)12-9-7-6-8-10-12/h6-11H,4-5H2,1-3H3,(H,15,16,18). The fraction of sp³-hybridized carbons (Fsp3) is 0.429. The monoisotopic (exact) mass is 288 g/mol. The van der Waals surface area contributed by atoms with Crippen molar-refractivity contribution in [3.8, 4) is 5.69 Å². The van der Waals surface area contributed by atoms with Gasteiger partial charge >= 0.3 is 0 Å². The highest BCUT2D eigenvalue weighted by Crippen LogP contribution is 2.12. The van der Waals surface area contributed by atoms with Crippen LogP contribution in [0.3, 0.4) is 0 Å². The van der Waals surface area contributed by atoms with E-state index in [-0.39, 0.29) is 5.91 Å². The third kappa shape index (κ3) is 3.36. The van der Waals surface area contributed by atoms with Crippen molar-refractivity contribution in [2.24, 2.45) is 0 Å². The number of carbonyl (C=O) groups excluding carboxylic acids is 1. The lowest BCUT2D eigenvalue weighted by atomic mass is 10.3. The minimum Gasteiger partial charge on any atom is -0.341 e. The van der Waals surface area contributed by atoms with E-state index in [1.54, 1.807) is 9.58 Å². The molecule has 1 N–H and O–H groups in total. The molecule has 0 spiro atoms. The largest absolute Gasteiger partial charge is 0.341 e. The van der Waals surface area contributed by atoms with Crippen LogP contribution in [0.5, 0.6) is 0 Å². The molecule has 0 fully saturated rings. The number of nitrogens with zero attached hydrogens (tertiary/aromatic N) is 5. The van der Waals surface area contributed by atoms with E-state index in [9.17, 15) is 4.79 Å². The van der Waals surface area contributed by atoms with Crippen molar-refractivity contribution in [1.29, 1.82) is 0 Å². The Bertz CT molecular complexity index is 578. The van der Waals surface area contributed by atoms with Gasteiger partial charge in [0.25, 0.3) is 0 Å². The van der Waals surface area contributed by atoms with Gasteiger partial charge in [-0.05, 0) is 43.3 Å². The molecule has 2 aromatic rings. The molecule has 0 aliphatic heterocycles. The molecule has 0 saturated carbocycles. The summed E-state index contributed by atoms with van der Waals surface area (Å²) in [6.07, 6.45) is 0. The number of amides is 1. The number of likely N-dealkylation sites (N-methyl/N-ethyl adjacent to an activating group) is 1. The molecule has 2 rings (SSSR count). The number of anilines is 1. The molecule has 0 radical (unpaired) electrons. The summed E-state index contributed by atoms with van der Waals surface area (Å²) >= 11 is 0. The highest BCUT2D eigenvalue weighted by molar-refractivity contribution is 5.83. The predicted molar refractivity (Wildman–Crippen MR) is 80.2 cm³/mol. The highest BCUT2D eigenvalue weighted by atomic mass is 16.2. The Kier molecular flexibility index (Phi) is 4.86. The van der Waals surface area contributed by atoms with E-state index < -0.39 is 6.04 Å². The molecule has 0 bridgehead atoms. The second-order valence-corrected chi connectivity index (χ2v) is 4.63. The van der Waals surface area contributed by atoms with Crippen LogP contribution in [0.2, 0.25) is 0 Å². The van der Waals surface area contributed by atoms with Crippen molar-refractivity contribution in [2.45, 2.75) is 26.8 Å². The van der Waals surface area contributed by atoms with Gasteiger partial charge in [-0.2, -0.15) is 4.68 Å². The molecule has 1 amide bonds. The smallest absolute Gasteiger partial charge is 0.248 e. The lowest BCUT2D eigenvalue weighted by molar-refractivity contribution is -0.131. The zero-order valence-corrected chi connectivity index (χ0v) is 12.5. The van der Waals surface area contributed by atoms with E-state index in [1.807, 2.05) is 51.1 Å². The second kappa shape index (κ2) is 6.83. The predicted octanol–water partition coefficient (Wildman–Crippen LogP) is 1.33. The topological polar surface area (TPSA) is 75.9 Å². The van der Waals surface area contributed by atoms with Crippen LogP contribution in [0.15, 0.2) is 30.3 Å². The van der Waals surface area contributed by atoms with Crippen LogP contribution in [-0.2, 0) is 4.79 Å². The normalized spacial score (nSPS) is 12.0. The van der Waals surface area contributed by atoms with E-state index in [0.29, 0.717) is 19.0 Å². The van der Waals surface area contributed by atoms with Gasteiger partial charge in [0.15, 0.2) is 0 Å². The molecule has 7 nitrogen and oxygen atoms in total. The molecule has 1 aromatic carbocycles. The van der Waals surface area contributed by atoms with Gasteiger partial charge in [0, 0.05) is 13.1 Å². The van der Waals surface area contributed by atoms with Gasteiger partial charge in [-0.15, -0.1) is 0 Å². The Labute approximate surface area is 123 Å². The fourth-order valence-electron chi connectivity index (χ4n) is 2.08. The van der Waals surface area contributed by atoms with Crippen molar-refractivity contribution in [3.05, 3.63) is 30.3 Å². The summed E-state index contributed by atoms with van der Waals surface area (Å²) in [5, 5.41) is 14.6. The number of hydrogen-bond donors (Lipinski definition) is 1. The third-order valence-electron chi connectivity index (χ3n) is 3.26. The maximum Gasteiger partial charge on any atom is 0.248 e. The van der Waals surface area contributed by atoms with Crippen LogP contribution >= 0.6 is 0 Å². The van der Waals surface area contributed by atoms with Gasteiger partial charge in [-0.1, -0.05) is 23.3 Å². The molecule has 0 saturated heterocycles. The first-order chi connectivity index (χ1) is 10.2. The first kappa shape index (κ1) is 15.0. The third-order valence-corrected chi connectivity index (χ3v) is 3.26. The second-order valence-electron chi connectivity index (χ2n) is 4.63. The zero-order chi connectivity index (χ0) is 15.2. The van der Waals surface area contributed by atoms with E-state index in [0.717, 1.165) is 5.69 Å². The average Bonchev–Trinajstić information content (AvgIpc) is 2.97. The first-order valence-corrected chi connectivity index (χ1v) is 7.06. The van der Waals surface area contributed by atoms with Crippen LogP contribution in [0.4, 0.5) is 5.95 Å². The van der Waals surface area contributed by atoms with Gasteiger partial charge in [0.1, 0.15) is 6.04 Å². The zero-order valence-electron chi connectivity index (χ0n) is 12.5. The molecule has 112 valence electrons. The van der Waals surface area contributed by atoms with Crippen LogP contribution in [0, 0.1) is 0 Å². The SMILES string of the molecule is CCN(CC)C(=O)C(C)Nc1nnnn1-c1ccccc1. The van der Waals surface area contributed by atoms with Crippen molar-refractivity contribution in [2.75, 3.05) is 18.4 Å². The number of tetrazole rings is 1. The molecule has 1 atom stereocenters.